The van der Waals surface area contributed by atoms with Gasteiger partial charge in [-0.2, -0.15) is 4.31 Å². The van der Waals surface area contributed by atoms with E-state index in [1.54, 1.807) is 0 Å². The molecule has 0 atom stereocenters. The van der Waals surface area contributed by atoms with Crippen LogP contribution in [0, 0.1) is 0 Å². The highest BCUT2D eigenvalue weighted by Crippen LogP contribution is 2.21. The third kappa shape index (κ3) is 3.20. The van der Waals surface area contributed by atoms with Crippen LogP contribution < -0.4 is 4.90 Å². The van der Waals surface area contributed by atoms with Gasteiger partial charge in [0.05, 0.1) is 16.8 Å². The van der Waals surface area contributed by atoms with Gasteiger partial charge in [-0.1, -0.05) is 11.6 Å². The zero-order valence-corrected chi connectivity index (χ0v) is 12.4. The van der Waals surface area contributed by atoms with E-state index in [2.05, 4.69) is 4.98 Å². The molecule has 0 unspecified atom stereocenters. The number of nitrogens with zero attached hydrogens (tertiary/aromatic N) is 3. The van der Waals surface area contributed by atoms with E-state index in [1.165, 1.54) is 22.8 Å². The maximum atomic E-state index is 11.4. The number of carboxylic acid groups (broad SMARTS) is 1. The Kier molecular flexibility index (Phi) is 4.17. The summed E-state index contributed by atoms with van der Waals surface area (Å²) in [6.07, 6.45) is 2.47. The molecule has 1 aromatic rings. The molecule has 0 bridgehead atoms. The average molecular weight is 320 g/mol. The number of hydrogen-bond donors (Lipinski definition) is 1. The fourth-order valence-corrected chi connectivity index (χ4v) is 3.02. The monoisotopic (exact) mass is 319 g/mol. The molecule has 0 aliphatic carbocycles. The summed E-state index contributed by atoms with van der Waals surface area (Å²) in [7, 11) is -3.19. The molecule has 0 amide bonds. The van der Waals surface area contributed by atoms with Crippen molar-refractivity contribution in [1.82, 2.24) is 9.29 Å². The van der Waals surface area contributed by atoms with E-state index in [1.807, 2.05) is 4.90 Å². The normalized spacial score (nSPS) is 17.2. The molecular weight excluding hydrogens is 306 g/mol. The van der Waals surface area contributed by atoms with Crippen molar-refractivity contribution in [3.05, 3.63) is 22.8 Å². The predicted octanol–water partition coefficient (Wildman–Crippen LogP) is 0.515. The van der Waals surface area contributed by atoms with Gasteiger partial charge in [-0.15, -0.1) is 0 Å². The van der Waals surface area contributed by atoms with Gasteiger partial charge in [0.15, 0.2) is 0 Å². The molecule has 1 aromatic heterocycles. The highest BCUT2D eigenvalue weighted by molar-refractivity contribution is 7.88. The molecular formula is C11H14ClN3O4S. The Balaban J connectivity index is 2.15. The van der Waals surface area contributed by atoms with E-state index < -0.39 is 16.0 Å². The van der Waals surface area contributed by atoms with E-state index in [9.17, 15) is 13.2 Å². The van der Waals surface area contributed by atoms with Gasteiger partial charge in [0.1, 0.15) is 5.82 Å². The summed E-state index contributed by atoms with van der Waals surface area (Å²) < 4.78 is 24.2. The number of rotatable bonds is 3. The summed E-state index contributed by atoms with van der Waals surface area (Å²) in [5.74, 6) is -0.631. The highest BCUT2D eigenvalue weighted by Gasteiger charge is 2.24. The Morgan fingerprint density at radius 1 is 1.35 bits per heavy atom. The van der Waals surface area contributed by atoms with Crippen LogP contribution in [0.2, 0.25) is 5.02 Å². The van der Waals surface area contributed by atoms with Gasteiger partial charge in [-0.25, -0.2) is 18.2 Å². The van der Waals surface area contributed by atoms with Crippen LogP contribution in [0.1, 0.15) is 10.4 Å². The molecule has 1 aliphatic heterocycles. The number of pyridine rings is 1. The minimum Gasteiger partial charge on any atom is -0.478 e. The van der Waals surface area contributed by atoms with Gasteiger partial charge in [0.25, 0.3) is 0 Å². The summed E-state index contributed by atoms with van der Waals surface area (Å²) in [5, 5.41) is 9.10. The lowest BCUT2D eigenvalue weighted by Gasteiger charge is -2.34. The smallest absolute Gasteiger partial charge is 0.337 e. The first-order valence-electron chi connectivity index (χ1n) is 5.88. The van der Waals surface area contributed by atoms with Crippen LogP contribution in [0.5, 0.6) is 0 Å². The van der Waals surface area contributed by atoms with Gasteiger partial charge in [-0.05, 0) is 6.07 Å². The Labute approximate surface area is 121 Å². The second-order valence-corrected chi connectivity index (χ2v) is 6.87. The van der Waals surface area contributed by atoms with Gasteiger partial charge in [0, 0.05) is 32.4 Å². The number of halogens is 1. The van der Waals surface area contributed by atoms with Crippen LogP contribution in [0.3, 0.4) is 0 Å². The number of sulfonamides is 1. The lowest BCUT2D eigenvalue weighted by atomic mass is 10.2. The lowest BCUT2D eigenvalue weighted by Crippen LogP contribution is -2.48. The van der Waals surface area contributed by atoms with Crippen molar-refractivity contribution < 1.29 is 18.3 Å². The largest absolute Gasteiger partial charge is 0.478 e. The minimum absolute atomic E-state index is 0.0118. The molecule has 0 saturated carbocycles. The lowest BCUT2D eigenvalue weighted by molar-refractivity contribution is 0.0697. The van der Waals surface area contributed by atoms with E-state index in [-0.39, 0.29) is 10.6 Å². The van der Waals surface area contributed by atoms with Gasteiger partial charge < -0.3 is 10.0 Å². The minimum atomic E-state index is -3.19. The van der Waals surface area contributed by atoms with Crippen molar-refractivity contribution in [2.75, 3.05) is 37.3 Å². The summed E-state index contributed by atoms with van der Waals surface area (Å²) in [5.41, 5.74) is -0.0118. The number of carbonyl (C=O) groups is 1. The summed E-state index contributed by atoms with van der Waals surface area (Å²) in [6.45, 7) is 1.62. The van der Waals surface area contributed by atoms with E-state index in [4.69, 9.17) is 16.7 Å². The molecule has 110 valence electrons. The van der Waals surface area contributed by atoms with Crippen LogP contribution in [0.15, 0.2) is 12.3 Å². The molecule has 2 heterocycles. The maximum Gasteiger partial charge on any atom is 0.337 e. The zero-order chi connectivity index (χ0) is 14.9. The molecule has 1 fully saturated rings. The Hall–Kier alpha value is -1.38. The van der Waals surface area contributed by atoms with Crippen LogP contribution >= 0.6 is 11.6 Å². The summed E-state index contributed by atoms with van der Waals surface area (Å²) in [6, 6.07) is 1.40. The molecule has 0 radical (unpaired) electrons. The Morgan fingerprint density at radius 3 is 2.45 bits per heavy atom. The number of carboxylic acids is 1. The number of anilines is 1. The van der Waals surface area contributed by atoms with Crippen molar-refractivity contribution in [1.29, 1.82) is 0 Å². The molecule has 1 saturated heterocycles. The Morgan fingerprint density at radius 2 is 1.95 bits per heavy atom. The van der Waals surface area contributed by atoms with Gasteiger partial charge in [-0.3, -0.25) is 0 Å². The van der Waals surface area contributed by atoms with Crippen LogP contribution in [0.25, 0.3) is 0 Å². The second kappa shape index (κ2) is 5.55. The average Bonchev–Trinajstić information content (AvgIpc) is 2.38. The molecule has 7 nitrogen and oxygen atoms in total. The van der Waals surface area contributed by atoms with E-state index in [0.29, 0.717) is 32.0 Å². The number of piperazine rings is 1. The summed E-state index contributed by atoms with van der Waals surface area (Å²) in [4.78, 5) is 17.0. The van der Waals surface area contributed by atoms with Gasteiger partial charge in [0.2, 0.25) is 10.0 Å². The number of aromatic nitrogens is 1. The highest BCUT2D eigenvalue weighted by atomic mass is 35.5. The molecule has 0 aromatic carbocycles. The second-order valence-electron chi connectivity index (χ2n) is 4.48. The standard InChI is InChI=1S/C11H14ClN3O4S/c1-20(18,19)15-4-2-14(3-5-15)10-6-8(11(16)17)9(12)7-13-10/h6-7H,2-5H2,1H3,(H,16,17). The van der Waals surface area contributed by atoms with Crippen molar-refractivity contribution in [2.24, 2.45) is 0 Å². The first-order valence-corrected chi connectivity index (χ1v) is 8.10. The molecule has 2 rings (SSSR count). The van der Waals surface area contributed by atoms with Crippen molar-refractivity contribution in [3.8, 4) is 0 Å². The molecule has 9 heteroatoms. The van der Waals surface area contributed by atoms with Gasteiger partial charge >= 0.3 is 5.97 Å². The first-order chi connectivity index (χ1) is 9.29. The van der Waals surface area contributed by atoms with E-state index >= 15 is 0 Å². The van der Waals surface area contributed by atoms with Crippen molar-refractivity contribution in [3.63, 3.8) is 0 Å². The number of hydrogen-bond acceptors (Lipinski definition) is 5. The predicted molar refractivity (Wildman–Crippen MR) is 74.8 cm³/mol. The topological polar surface area (TPSA) is 90.8 Å². The SMILES string of the molecule is CS(=O)(=O)N1CCN(c2cc(C(=O)O)c(Cl)cn2)CC1. The third-order valence-corrected chi connectivity index (χ3v) is 4.71. The third-order valence-electron chi connectivity index (χ3n) is 3.10. The molecule has 1 aliphatic rings. The fourth-order valence-electron chi connectivity index (χ4n) is 2.01. The quantitative estimate of drug-likeness (QED) is 0.873. The van der Waals surface area contributed by atoms with E-state index in [0.717, 1.165) is 0 Å². The molecule has 1 N–H and O–H groups in total. The van der Waals surface area contributed by atoms with Crippen molar-refractivity contribution in [2.45, 2.75) is 0 Å². The van der Waals surface area contributed by atoms with Crippen LogP contribution in [-0.2, 0) is 10.0 Å². The summed E-state index contributed by atoms with van der Waals surface area (Å²) >= 11 is 5.76. The maximum absolute atomic E-state index is 11.4. The number of aromatic carboxylic acids is 1. The molecule has 20 heavy (non-hydrogen) atoms. The van der Waals surface area contributed by atoms with Crippen LogP contribution in [0.4, 0.5) is 5.82 Å². The fraction of sp³-hybridized carbons (Fsp3) is 0.455. The molecule has 0 spiro atoms. The first kappa shape index (κ1) is 15.0. The van der Waals surface area contributed by atoms with Crippen molar-refractivity contribution >= 4 is 33.4 Å². The zero-order valence-electron chi connectivity index (χ0n) is 10.8. The Bertz CT molecular complexity index is 627. The van der Waals surface area contributed by atoms with Crippen LogP contribution in [-0.4, -0.2) is 61.2 Å².